The van der Waals surface area contributed by atoms with E-state index in [4.69, 9.17) is 0 Å². The first-order valence-corrected chi connectivity index (χ1v) is 10.8. The topological polar surface area (TPSA) is 6.48 Å². The van der Waals surface area contributed by atoms with Crippen molar-refractivity contribution in [2.24, 2.45) is 11.8 Å². The molecule has 0 N–H and O–H groups in total. The van der Waals surface area contributed by atoms with Gasteiger partial charge in [0.15, 0.2) is 0 Å². The molecule has 5 rings (SSSR count). The van der Waals surface area contributed by atoms with Crippen molar-refractivity contribution in [3.8, 4) is 0 Å². The summed E-state index contributed by atoms with van der Waals surface area (Å²) in [5.41, 5.74) is 5.20. The maximum atomic E-state index is 2.85. The van der Waals surface area contributed by atoms with Crippen LogP contribution >= 0.6 is 24.8 Å². The van der Waals surface area contributed by atoms with Crippen LogP contribution in [0.3, 0.4) is 0 Å². The summed E-state index contributed by atoms with van der Waals surface area (Å²) in [7, 11) is 0. The molecule has 4 heteroatoms. The quantitative estimate of drug-likeness (QED) is 0.652. The van der Waals surface area contributed by atoms with Crippen LogP contribution in [0.15, 0.2) is 18.2 Å². The van der Waals surface area contributed by atoms with E-state index in [2.05, 4.69) is 41.8 Å². The molecule has 152 valence electrons. The Bertz CT molecular complexity index is 654. The average molecular weight is 411 g/mol. The molecule has 2 aliphatic heterocycles. The van der Waals surface area contributed by atoms with E-state index in [1.807, 2.05) is 0 Å². The first-order chi connectivity index (χ1) is 12.1. The number of benzene rings is 1. The minimum atomic E-state index is 0. The summed E-state index contributed by atoms with van der Waals surface area (Å²) >= 11 is 0. The van der Waals surface area contributed by atoms with Crippen molar-refractivity contribution >= 4 is 30.5 Å². The molecule has 3 atom stereocenters. The van der Waals surface area contributed by atoms with Gasteiger partial charge in [-0.1, -0.05) is 19.9 Å². The number of rotatable bonds is 3. The Hall–Kier alpha value is -0.440. The first kappa shape index (κ1) is 21.3. The van der Waals surface area contributed by atoms with Crippen LogP contribution in [-0.4, -0.2) is 37.1 Å². The van der Waals surface area contributed by atoms with E-state index >= 15 is 0 Å². The predicted molar refractivity (Wildman–Crippen MR) is 120 cm³/mol. The summed E-state index contributed by atoms with van der Waals surface area (Å²) in [6, 6.07) is 8.26. The third-order valence-corrected chi connectivity index (χ3v) is 8.02. The van der Waals surface area contributed by atoms with Gasteiger partial charge in [0, 0.05) is 31.4 Å². The summed E-state index contributed by atoms with van der Waals surface area (Å²) in [6.07, 6.45) is 9.71. The number of hydrogen-bond acceptors (Lipinski definition) is 2. The van der Waals surface area contributed by atoms with E-state index in [-0.39, 0.29) is 24.8 Å². The Labute approximate surface area is 177 Å². The molecule has 0 amide bonds. The van der Waals surface area contributed by atoms with Crippen molar-refractivity contribution in [1.82, 2.24) is 4.90 Å². The van der Waals surface area contributed by atoms with Gasteiger partial charge < -0.3 is 4.90 Å². The third-order valence-electron chi connectivity index (χ3n) is 8.02. The highest BCUT2D eigenvalue weighted by Crippen LogP contribution is 2.50. The largest absolute Gasteiger partial charge is 0.372 e. The molecule has 0 radical (unpaired) electrons. The number of fused-ring (bicyclic) bond motifs is 4. The monoisotopic (exact) mass is 410 g/mol. The highest BCUT2D eigenvalue weighted by molar-refractivity contribution is 5.85. The number of nitrogens with zero attached hydrogens (tertiary/aromatic N) is 2. The van der Waals surface area contributed by atoms with Gasteiger partial charge in [-0.25, -0.2) is 0 Å². The highest BCUT2D eigenvalue weighted by Gasteiger charge is 2.49. The van der Waals surface area contributed by atoms with Gasteiger partial charge in [0.05, 0.1) is 0 Å². The predicted octanol–water partition coefficient (Wildman–Crippen LogP) is 5.45. The smallest absolute Gasteiger partial charge is 0.0369 e. The fourth-order valence-electron chi connectivity index (χ4n) is 5.90. The Morgan fingerprint density at radius 3 is 2.48 bits per heavy atom. The van der Waals surface area contributed by atoms with Gasteiger partial charge in [-0.2, -0.15) is 0 Å². The normalized spacial score (nSPS) is 32.9. The maximum absolute atomic E-state index is 2.85. The molecule has 1 aromatic carbocycles. The SMILES string of the molecule is C[C@H]1C2Cc3ccc(N4CCCCC4)cc3[C@@]1(C)CCN2CC1CC1.Cl.Cl. The molecular formula is C23H36Cl2N2. The zero-order valence-corrected chi connectivity index (χ0v) is 18.6. The van der Waals surface area contributed by atoms with Gasteiger partial charge in [-0.15, -0.1) is 24.8 Å². The molecule has 2 bridgehead atoms. The van der Waals surface area contributed by atoms with Crippen molar-refractivity contribution in [2.75, 3.05) is 31.1 Å². The molecule has 4 aliphatic rings. The second-order valence-corrected chi connectivity index (χ2v) is 9.56. The van der Waals surface area contributed by atoms with Crippen LogP contribution < -0.4 is 4.90 Å². The van der Waals surface area contributed by atoms with Crippen LogP contribution in [0.2, 0.25) is 0 Å². The van der Waals surface area contributed by atoms with E-state index in [0.29, 0.717) is 5.41 Å². The zero-order chi connectivity index (χ0) is 17.0. The summed E-state index contributed by atoms with van der Waals surface area (Å²) in [4.78, 5) is 5.48. The van der Waals surface area contributed by atoms with Crippen LogP contribution in [0.1, 0.15) is 63.5 Å². The van der Waals surface area contributed by atoms with Crippen molar-refractivity contribution in [3.63, 3.8) is 0 Å². The van der Waals surface area contributed by atoms with Crippen molar-refractivity contribution in [2.45, 2.75) is 70.3 Å². The Kier molecular flexibility index (Phi) is 6.40. The Balaban J connectivity index is 0.00000105. The van der Waals surface area contributed by atoms with E-state index in [0.717, 1.165) is 17.9 Å². The lowest BCUT2D eigenvalue weighted by Gasteiger charge is -2.55. The van der Waals surface area contributed by atoms with Crippen LogP contribution in [0, 0.1) is 11.8 Å². The third kappa shape index (κ3) is 3.74. The van der Waals surface area contributed by atoms with Gasteiger partial charge >= 0.3 is 0 Å². The molecule has 2 nitrogen and oxygen atoms in total. The van der Waals surface area contributed by atoms with E-state index in [1.165, 1.54) is 76.8 Å². The van der Waals surface area contributed by atoms with Gasteiger partial charge in [-0.3, -0.25) is 4.90 Å². The summed E-state index contributed by atoms with van der Waals surface area (Å²) in [6.45, 7) is 10.3. The van der Waals surface area contributed by atoms with E-state index in [9.17, 15) is 0 Å². The molecule has 0 aromatic heterocycles. The molecule has 3 fully saturated rings. The lowest BCUT2D eigenvalue weighted by molar-refractivity contribution is 0.0284. The average Bonchev–Trinajstić information content (AvgIpc) is 3.45. The lowest BCUT2D eigenvalue weighted by Crippen LogP contribution is -2.58. The summed E-state index contributed by atoms with van der Waals surface area (Å²) in [5, 5.41) is 0. The molecule has 2 saturated heterocycles. The fraction of sp³-hybridized carbons (Fsp3) is 0.739. The van der Waals surface area contributed by atoms with Gasteiger partial charge in [0.2, 0.25) is 0 Å². The minimum Gasteiger partial charge on any atom is -0.372 e. The van der Waals surface area contributed by atoms with Crippen LogP contribution in [0.5, 0.6) is 0 Å². The summed E-state index contributed by atoms with van der Waals surface area (Å²) in [5.74, 6) is 1.79. The molecule has 0 spiro atoms. The van der Waals surface area contributed by atoms with Crippen molar-refractivity contribution < 1.29 is 0 Å². The van der Waals surface area contributed by atoms with Gasteiger partial charge in [0.25, 0.3) is 0 Å². The lowest BCUT2D eigenvalue weighted by atomic mass is 9.59. The number of hydrogen-bond donors (Lipinski definition) is 0. The molecular weight excluding hydrogens is 375 g/mol. The summed E-state index contributed by atoms with van der Waals surface area (Å²) < 4.78 is 0. The standard InChI is InChI=1S/C23H34N2.2ClH/c1-17-22-14-19-8-9-20(24-11-4-3-5-12-24)15-21(19)23(17,2)10-13-25(22)16-18-6-7-18;;/h8-9,15,17-18,22H,3-7,10-14,16H2,1-2H3;2*1H/t17-,22?,23-;;/m0../s1. The van der Waals surface area contributed by atoms with E-state index < -0.39 is 0 Å². The zero-order valence-electron chi connectivity index (χ0n) is 17.0. The van der Waals surface area contributed by atoms with Crippen molar-refractivity contribution in [1.29, 1.82) is 0 Å². The Morgan fingerprint density at radius 1 is 1.04 bits per heavy atom. The molecule has 27 heavy (non-hydrogen) atoms. The highest BCUT2D eigenvalue weighted by atomic mass is 35.5. The maximum Gasteiger partial charge on any atom is 0.0369 e. The number of halogens is 2. The van der Waals surface area contributed by atoms with Crippen molar-refractivity contribution in [3.05, 3.63) is 29.3 Å². The number of anilines is 1. The molecule has 1 unspecified atom stereocenters. The minimum absolute atomic E-state index is 0. The van der Waals surface area contributed by atoms with Crippen LogP contribution in [0.25, 0.3) is 0 Å². The number of likely N-dealkylation sites (tertiary alicyclic amines) is 1. The number of piperidine rings is 2. The van der Waals surface area contributed by atoms with Gasteiger partial charge in [0.1, 0.15) is 0 Å². The second kappa shape index (κ2) is 8.13. The van der Waals surface area contributed by atoms with Crippen LogP contribution in [-0.2, 0) is 11.8 Å². The first-order valence-electron chi connectivity index (χ1n) is 10.8. The molecule has 1 aromatic rings. The van der Waals surface area contributed by atoms with E-state index in [1.54, 1.807) is 11.1 Å². The fourth-order valence-corrected chi connectivity index (χ4v) is 5.90. The second-order valence-electron chi connectivity index (χ2n) is 9.56. The molecule has 1 saturated carbocycles. The van der Waals surface area contributed by atoms with Crippen LogP contribution in [0.4, 0.5) is 5.69 Å². The Morgan fingerprint density at radius 2 is 1.78 bits per heavy atom. The molecule has 2 heterocycles. The molecule has 2 aliphatic carbocycles. The van der Waals surface area contributed by atoms with Gasteiger partial charge in [-0.05, 0) is 92.0 Å².